The first-order valence-corrected chi connectivity index (χ1v) is 11.6. The molecule has 0 spiro atoms. The minimum absolute atomic E-state index is 0.540. The van der Waals surface area contributed by atoms with E-state index < -0.39 is 11.6 Å². The molecule has 5 aromatic rings. The highest BCUT2D eigenvalue weighted by Gasteiger charge is 2.37. The standard InChI is InChI=1S/C28H27N5O/c1-2-12-24(34)23-19-25(29-27-26(23)31-33-32-27)30-28(20-13-6-3-7-14-20,21-15-8-4-9-16-21)22-17-10-5-11-18-22/h3-11,13-19,24,34H,2,12H2,1H3,(H2,29,30,31,32,33). The average molecular weight is 450 g/mol. The van der Waals surface area contributed by atoms with Gasteiger partial charge in [-0.2, -0.15) is 0 Å². The van der Waals surface area contributed by atoms with Crippen LogP contribution in [0, 0.1) is 0 Å². The van der Waals surface area contributed by atoms with E-state index in [1.807, 2.05) is 60.7 Å². The van der Waals surface area contributed by atoms with Gasteiger partial charge in [-0.3, -0.25) is 0 Å². The number of aliphatic hydroxyl groups excluding tert-OH is 1. The predicted octanol–water partition coefficient (Wildman–Crippen LogP) is 5.59. The minimum atomic E-state index is -0.717. The van der Waals surface area contributed by atoms with Crippen LogP contribution >= 0.6 is 0 Å². The van der Waals surface area contributed by atoms with E-state index in [1.54, 1.807) is 0 Å². The Labute approximate surface area is 198 Å². The lowest BCUT2D eigenvalue weighted by molar-refractivity contribution is 0.168. The number of hydrogen-bond donors (Lipinski definition) is 3. The van der Waals surface area contributed by atoms with Crippen LogP contribution < -0.4 is 5.32 Å². The second-order valence-corrected chi connectivity index (χ2v) is 8.38. The van der Waals surface area contributed by atoms with Crippen LogP contribution in [0.2, 0.25) is 0 Å². The van der Waals surface area contributed by atoms with Gasteiger partial charge in [-0.25, -0.2) is 10.1 Å². The highest BCUT2D eigenvalue weighted by atomic mass is 16.3. The molecule has 0 fully saturated rings. The fraction of sp³-hybridized carbons (Fsp3) is 0.179. The van der Waals surface area contributed by atoms with Crippen LogP contribution in [0.1, 0.15) is 48.1 Å². The van der Waals surface area contributed by atoms with E-state index in [0.29, 0.717) is 29.0 Å². The number of aromatic nitrogens is 4. The molecule has 0 aliphatic heterocycles. The Bertz CT molecular complexity index is 1260. The molecule has 6 nitrogen and oxygen atoms in total. The molecule has 2 heterocycles. The summed E-state index contributed by atoms with van der Waals surface area (Å²) in [5.41, 5.74) is 4.36. The van der Waals surface area contributed by atoms with Crippen LogP contribution in [-0.2, 0) is 5.54 Å². The number of H-pyrrole nitrogens is 1. The summed E-state index contributed by atoms with van der Waals surface area (Å²) < 4.78 is 0. The molecule has 0 aliphatic rings. The van der Waals surface area contributed by atoms with Crippen molar-refractivity contribution in [2.45, 2.75) is 31.4 Å². The first-order valence-electron chi connectivity index (χ1n) is 11.6. The third kappa shape index (κ3) is 3.93. The first-order chi connectivity index (χ1) is 16.7. The quantitative estimate of drug-likeness (QED) is 0.269. The lowest BCUT2D eigenvalue weighted by atomic mass is 9.77. The minimum Gasteiger partial charge on any atom is -0.388 e. The molecule has 0 bridgehead atoms. The van der Waals surface area contributed by atoms with Crippen LogP contribution in [0.5, 0.6) is 0 Å². The van der Waals surface area contributed by atoms with Crippen LogP contribution in [0.15, 0.2) is 97.1 Å². The molecule has 3 N–H and O–H groups in total. The number of anilines is 1. The molecule has 6 heteroatoms. The van der Waals surface area contributed by atoms with Gasteiger partial charge in [0.2, 0.25) is 0 Å². The van der Waals surface area contributed by atoms with Crippen molar-refractivity contribution < 1.29 is 5.11 Å². The smallest absolute Gasteiger partial charge is 0.178 e. The van der Waals surface area contributed by atoms with E-state index in [-0.39, 0.29) is 0 Å². The highest BCUT2D eigenvalue weighted by Crippen LogP contribution is 2.40. The van der Waals surface area contributed by atoms with Crippen LogP contribution in [0.25, 0.3) is 11.2 Å². The van der Waals surface area contributed by atoms with Crippen molar-refractivity contribution in [3.63, 3.8) is 0 Å². The number of rotatable bonds is 8. The summed E-state index contributed by atoms with van der Waals surface area (Å²) in [7, 11) is 0. The number of fused-ring (bicyclic) bond motifs is 1. The van der Waals surface area contributed by atoms with E-state index >= 15 is 0 Å². The van der Waals surface area contributed by atoms with Gasteiger partial charge in [-0.1, -0.05) is 110 Å². The number of aromatic amines is 1. The summed E-state index contributed by atoms with van der Waals surface area (Å²) in [6.07, 6.45) is 0.834. The molecule has 34 heavy (non-hydrogen) atoms. The van der Waals surface area contributed by atoms with Gasteiger partial charge in [0.1, 0.15) is 16.9 Å². The second kappa shape index (κ2) is 9.45. The van der Waals surface area contributed by atoms with Crippen LogP contribution in [0.4, 0.5) is 5.82 Å². The van der Waals surface area contributed by atoms with Crippen molar-refractivity contribution in [3.8, 4) is 0 Å². The molecule has 0 saturated carbocycles. The molecule has 5 rings (SSSR count). The Balaban J connectivity index is 1.75. The summed E-state index contributed by atoms with van der Waals surface area (Å²) in [5, 5.41) is 25.6. The summed E-state index contributed by atoms with van der Waals surface area (Å²) in [6.45, 7) is 2.05. The lowest BCUT2D eigenvalue weighted by Gasteiger charge is -2.37. The fourth-order valence-corrected chi connectivity index (χ4v) is 4.58. The molecular formula is C28H27N5O. The number of nitrogens with zero attached hydrogens (tertiary/aromatic N) is 3. The van der Waals surface area contributed by atoms with Gasteiger partial charge in [0.25, 0.3) is 0 Å². The maximum absolute atomic E-state index is 10.9. The van der Waals surface area contributed by atoms with E-state index in [4.69, 9.17) is 4.98 Å². The molecule has 170 valence electrons. The number of nitrogens with one attached hydrogen (secondary N) is 2. The highest BCUT2D eigenvalue weighted by molar-refractivity contribution is 5.77. The summed E-state index contributed by atoms with van der Waals surface area (Å²) >= 11 is 0. The maximum Gasteiger partial charge on any atom is 0.178 e. The van der Waals surface area contributed by atoms with Gasteiger partial charge in [-0.15, -0.1) is 5.10 Å². The van der Waals surface area contributed by atoms with Gasteiger partial charge in [-0.05, 0) is 29.2 Å². The van der Waals surface area contributed by atoms with Gasteiger partial charge >= 0.3 is 0 Å². The molecule has 2 aromatic heterocycles. The zero-order chi connectivity index (χ0) is 23.4. The van der Waals surface area contributed by atoms with Crippen molar-refractivity contribution in [1.29, 1.82) is 0 Å². The number of benzene rings is 3. The van der Waals surface area contributed by atoms with Crippen molar-refractivity contribution >= 4 is 17.0 Å². The summed E-state index contributed by atoms with van der Waals surface area (Å²) in [5.74, 6) is 0.625. The molecular weight excluding hydrogens is 422 g/mol. The third-order valence-corrected chi connectivity index (χ3v) is 6.19. The SMILES string of the molecule is CCCC(O)c1cc(NC(c2ccccc2)(c2ccccc2)c2ccccc2)nc2[nH]nnc12. The Morgan fingerprint density at radius 2 is 1.38 bits per heavy atom. The summed E-state index contributed by atoms with van der Waals surface area (Å²) in [4.78, 5) is 4.80. The fourth-order valence-electron chi connectivity index (χ4n) is 4.58. The van der Waals surface area contributed by atoms with Gasteiger partial charge in [0.15, 0.2) is 5.65 Å². The largest absolute Gasteiger partial charge is 0.388 e. The Morgan fingerprint density at radius 3 is 1.88 bits per heavy atom. The Kier molecular flexibility index (Phi) is 6.06. The normalized spacial score (nSPS) is 12.5. The van der Waals surface area contributed by atoms with E-state index in [0.717, 1.165) is 23.1 Å². The van der Waals surface area contributed by atoms with E-state index in [9.17, 15) is 5.11 Å². The van der Waals surface area contributed by atoms with Crippen LogP contribution in [-0.4, -0.2) is 25.5 Å². The number of pyridine rings is 1. The molecule has 0 saturated heterocycles. The number of aliphatic hydroxyl groups is 1. The molecule has 1 atom stereocenters. The zero-order valence-corrected chi connectivity index (χ0v) is 19.0. The third-order valence-electron chi connectivity index (χ3n) is 6.19. The molecule has 0 aliphatic carbocycles. The van der Waals surface area contributed by atoms with Gasteiger partial charge in [0.05, 0.1) is 6.10 Å². The van der Waals surface area contributed by atoms with Crippen molar-refractivity contribution in [1.82, 2.24) is 20.4 Å². The molecule has 3 aromatic carbocycles. The van der Waals surface area contributed by atoms with Crippen LogP contribution in [0.3, 0.4) is 0 Å². The van der Waals surface area contributed by atoms with E-state index in [2.05, 4.69) is 64.0 Å². The molecule has 0 radical (unpaired) electrons. The maximum atomic E-state index is 10.9. The predicted molar refractivity (Wildman–Crippen MR) is 134 cm³/mol. The second-order valence-electron chi connectivity index (χ2n) is 8.38. The average Bonchev–Trinajstić information content (AvgIpc) is 3.37. The van der Waals surface area contributed by atoms with Gasteiger partial charge in [0, 0.05) is 5.56 Å². The number of hydrogen-bond acceptors (Lipinski definition) is 5. The molecule has 1 unspecified atom stereocenters. The van der Waals surface area contributed by atoms with Gasteiger partial charge < -0.3 is 10.4 Å². The lowest BCUT2D eigenvalue weighted by Crippen LogP contribution is -2.38. The Hall–Kier alpha value is -4.03. The summed E-state index contributed by atoms with van der Waals surface area (Å²) in [6, 6.07) is 32.9. The topological polar surface area (TPSA) is 86.7 Å². The molecule has 0 amide bonds. The van der Waals surface area contributed by atoms with Crippen molar-refractivity contribution in [2.24, 2.45) is 0 Å². The van der Waals surface area contributed by atoms with E-state index in [1.165, 1.54) is 0 Å². The first kappa shape index (κ1) is 21.8. The zero-order valence-electron chi connectivity index (χ0n) is 19.0. The van der Waals surface area contributed by atoms with Crippen molar-refractivity contribution in [3.05, 3.63) is 119 Å². The monoisotopic (exact) mass is 449 g/mol. The Morgan fingerprint density at radius 1 is 0.853 bits per heavy atom. The van der Waals surface area contributed by atoms with Crippen molar-refractivity contribution in [2.75, 3.05) is 5.32 Å².